The Balaban J connectivity index is 2.05. The molecule has 3 aromatic rings. The molecule has 9 nitrogen and oxygen atoms in total. The zero-order chi connectivity index (χ0) is 26.6. The quantitative estimate of drug-likeness (QED) is 0.312. The largest absolute Gasteiger partial charge is 0.478 e. The number of carbonyl (C=O) groups is 1. The minimum Gasteiger partial charge on any atom is -0.478 e. The number of aromatic nitrogens is 2. The van der Waals surface area contributed by atoms with Crippen molar-refractivity contribution in [2.24, 2.45) is 11.7 Å². The molecule has 5 N–H and O–H groups in total. The van der Waals surface area contributed by atoms with Crippen LogP contribution in [-0.4, -0.2) is 41.5 Å². The highest BCUT2D eigenvalue weighted by Crippen LogP contribution is 2.29. The molecule has 0 saturated heterocycles. The van der Waals surface area contributed by atoms with Gasteiger partial charge in [-0.05, 0) is 62.4 Å². The lowest BCUT2D eigenvalue weighted by Crippen LogP contribution is -2.39. The number of anilines is 2. The molecule has 0 aliphatic carbocycles. The van der Waals surface area contributed by atoms with E-state index in [1.165, 1.54) is 18.2 Å². The molecule has 3 rings (SSSR count). The summed E-state index contributed by atoms with van der Waals surface area (Å²) in [6.07, 6.45) is 0.808. The smallest absolute Gasteiger partial charge is 0.335 e. The summed E-state index contributed by atoms with van der Waals surface area (Å²) in [5.41, 5.74) is 9.59. The molecule has 36 heavy (non-hydrogen) atoms. The molecular formula is C26H33N5O4S. The molecule has 0 radical (unpaired) electrons. The predicted molar refractivity (Wildman–Crippen MR) is 142 cm³/mol. The van der Waals surface area contributed by atoms with Gasteiger partial charge in [0.1, 0.15) is 5.82 Å². The summed E-state index contributed by atoms with van der Waals surface area (Å²) >= 11 is 0. The first-order chi connectivity index (χ1) is 16.9. The number of nitrogens with one attached hydrogen (secondary N) is 2. The van der Waals surface area contributed by atoms with Crippen LogP contribution in [0.2, 0.25) is 0 Å². The van der Waals surface area contributed by atoms with Gasteiger partial charge in [-0.1, -0.05) is 38.1 Å². The van der Waals surface area contributed by atoms with Crippen molar-refractivity contribution in [3.63, 3.8) is 0 Å². The van der Waals surface area contributed by atoms with E-state index in [4.69, 9.17) is 5.73 Å². The third-order valence-electron chi connectivity index (χ3n) is 5.84. The van der Waals surface area contributed by atoms with Crippen LogP contribution in [0.15, 0.2) is 53.4 Å². The number of carboxylic acids is 1. The number of benzene rings is 2. The number of carboxylic acid groups (broad SMARTS) is 1. The number of nitrogens with zero attached hydrogens (tertiary/aromatic N) is 2. The standard InChI is InChI=1S/C26H33N5O4S/c1-15(2)12-21(27)18(5)28-23-14-22(24-16(3)8-6-9-17(24)4)29-26(30-23)31-36(34,35)20-11-7-10-19(13-20)25(32)33/h6-11,13-15,18,21H,12,27H2,1-5H3,(H,32,33)(H2,28,29,30,31)/t18-,21+/m0/s1. The normalized spacial score (nSPS) is 13.3. The molecule has 0 saturated carbocycles. The molecule has 0 spiro atoms. The van der Waals surface area contributed by atoms with E-state index in [0.29, 0.717) is 17.4 Å². The first-order valence-corrected chi connectivity index (χ1v) is 13.2. The van der Waals surface area contributed by atoms with Gasteiger partial charge in [-0.25, -0.2) is 22.9 Å². The lowest BCUT2D eigenvalue weighted by atomic mass is 9.98. The van der Waals surface area contributed by atoms with Crippen LogP contribution in [0.5, 0.6) is 0 Å². The molecule has 0 aliphatic rings. The van der Waals surface area contributed by atoms with Crippen LogP contribution in [-0.2, 0) is 10.0 Å². The van der Waals surface area contributed by atoms with Crippen LogP contribution in [0.3, 0.4) is 0 Å². The van der Waals surface area contributed by atoms with E-state index in [1.807, 2.05) is 39.0 Å². The predicted octanol–water partition coefficient (Wildman–Crippen LogP) is 4.43. The van der Waals surface area contributed by atoms with E-state index in [2.05, 4.69) is 33.9 Å². The van der Waals surface area contributed by atoms with Crippen LogP contribution in [0.4, 0.5) is 11.8 Å². The van der Waals surface area contributed by atoms with Crippen LogP contribution >= 0.6 is 0 Å². The molecule has 1 aromatic heterocycles. The van der Waals surface area contributed by atoms with Crippen LogP contribution in [0, 0.1) is 19.8 Å². The van der Waals surface area contributed by atoms with Gasteiger partial charge in [0.05, 0.1) is 16.2 Å². The fraction of sp³-hybridized carbons (Fsp3) is 0.346. The Labute approximate surface area is 212 Å². The first kappa shape index (κ1) is 27.1. The maximum absolute atomic E-state index is 13.1. The average Bonchev–Trinajstić information content (AvgIpc) is 2.78. The molecule has 1 heterocycles. The van der Waals surface area contributed by atoms with Gasteiger partial charge in [-0.15, -0.1) is 0 Å². The Morgan fingerprint density at radius 1 is 1.03 bits per heavy atom. The molecule has 0 unspecified atom stereocenters. The van der Waals surface area contributed by atoms with Gasteiger partial charge in [0.2, 0.25) is 5.95 Å². The highest BCUT2D eigenvalue weighted by Gasteiger charge is 2.21. The second-order valence-electron chi connectivity index (χ2n) is 9.39. The van der Waals surface area contributed by atoms with Crippen LogP contribution in [0.25, 0.3) is 11.3 Å². The topological polar surface area (TPSA) is 147 Å². The number of aromatic carboxylic acids is 1. The summed E-state index contributed by atoms with van der Waals surface area (Å²) in [5.74, 6) is -0.517. The third-order valence-corrected chi connectivity index (χ3v) is 7.17. The van der Waals surface area contributed by atoms with Crippen molar-refractivity contribution in [1.29, 1.82) is 0 Å². The van der Waals surface area contributed by atoms with E-state index in [1.54, 1.807) is 6.07 Å². The van der Waals surface area contributed by atoms with Crippen molar-refractivity contribution >= 4 is 27.8 Å². The van der Waals surface area contributed by atoms with Gasteiger partial charge in [0, 0.05) is 23.7 Å². The molecule has 0 aliphatic heterocycles. The van der Waals surface area contributed by atoms with Gasteiger partial charge in [0.25, 0.3) is 10.0 Å². The monoisotopic (exact) mass is 511 g/mol. The fourth-order valence-electron chi connectivity index (χ4n) is 3.98. The van der Waals surface area contributed by atoms with Crippen molar-refractivity contribution in [2.45, 2.75) is 58.0 Å². The zero-order valence-electron chi connectivity index (χ0n) is 21.1. The van der Waals surface area contributed by atoms with E-state index in [9.17, 15) is 18.3 Å². The van der Waals surface area contributed by atoms with Crippen LogP contribution < -0.4 is 15.8 Å². The van der Waals surface area contributed by atoms with E-state index in [0.717, 1.165) is 29.2 Å². The van der Waals surface area contributed by atoms with Crippen molar-refractivity contribution in [3.8, 4) is 11.3 Å². The van der Waals surface area contributed by atoms with Gasteiger partial charge >= 0.3 is 5.97 Å². The minimum absolute atomic E-state index is 0.134. The van der Waals surface area contributed by atoms with Crippen molar-refractivity contribution in [3.05, 3.63) is 65.2 Å². The van der Waals surface area contributed by atoms with E-state index < -0.39 is 16.0 Å². The SMILES string of the molecule is Cc1cccc(C)c1-c1cc(N[C@@H](C)[C@H](N)CC(C)C)nc(NS(=O)(=O)c2cccc(C(=O)O)c2)n1. The number of hydrogen-bond donors (Lipinski definition) is 4. The third kappa shape index (κ3) is 6.58. The Morgan fingerprint density at radius 2 is 1.67 bits per heavy atom. The Kier molecular flexibility index (Phi) is 8.31. The number of rotatable bonds is 10. The summed E-state index contributed by atoms with van der Waals surface area (Å²) < 4.78 is 28.6. The Morgan fingerprint density at radius 3 is 2.28 bits per heavy atom. The molecule has 0 amide bonds. The fourth-order valence-corrected chi connectivity index (χ4v) is 4.97. The number of aryl methyl sites for hydroxylation is 2. The average molecular weight is 512 g/mol. The summed E-state index contributed by atoms with van der Waals surface area (Å²) in [7, 11) is -4.16. The van der Waals surface area contributed by atoms with Gasteiger partial charge in [0.15, 0.2) is 0 Å². The Bertz CT molecular complexity index is 1340. The highest BCUT2D eigenvalue weighted by atomic mass is 32.2. The van der Waals surface area contributed by atoms with E-state index in [-0.39, 0.29) is 28.5 Å². The van der Waals surface area contributed by atoms with Crippen molar-refractivity contribution < 1.29 is 18.3 Å². The molecule has 192 valence electrons. The van der Waals surface area contributed by atoms with Crippen molar-refractivity contribution in [2.75, 3.05) is 10.0 Å². The number of nitrogens with two attached hydrogens (primary N) is 1. The molecular weight excluding hydrogens is 478 g/mol. The maximum atomic E-state index is 13.1. The summed E-state index contributed by atoms with van der Waals surface area (Å²) in [4.78, 5) is 20.0. The van der Waals surface area contributed by atoms with Crippen LogP contribution in [0.1, 0.15) is 48.7 Å². The summed E-state index contributed by atoms with van der Waals surface area (Å²) in [6, 6.07) is 12.5. The molecule has 10 heteroatoms. The second kappa shape index (κ2) is 11.0. The summed E-state index contributed by atoms with van der Waals surface area (Å²) in [6.45, 7) is 10.1. The zero-order valence-corrected chi connectivity index (χ0v) is 21.9. The van der Waals surface area contributed by atoms with E-state index >= 15 is 0 Å². The Hall–Kier alpha value is -3.50. The van der Waals surface area contributed by atoms with Gasteiger partial charge in [-0.2, -0.15) is 4.98 Å². The number of hydrogen-bond acceptors (Lipinski definition) is 7. The maximum Gasteiger partial charge on any atom is 0.335 e. The molecule has 0 bridgehead atoms. The lowest BCUT2D eigenvalue weighted by molar-refractivity contribution is 0.0696. The molecule has 0 fully saturated rings. The minimum atomic E-state index is -4.16. The van der Waals surface area contributed by atoms with Crippen molar-refractivity contribution in [1.82, 2.24) is 9.97 Å². The highest BCUT2D eigenvalue weighted by molar-refractivity contribution is 7.92. The second-order valence-corrected chi connectivity index (χ2v) is 11.1. The number of sulfonamides is 1. The first-order valence-electron chi connectivity index (χ1n) is 11.7. The van der Waals surface area contributed by atoms with Gasteiger partial charge in [-0.3, -0.25) is 0 Å². The lowest BCUT2D eigenvalue weighted by Gasteiger charge is -2.24. The van der Waals surface area contributed by atoms with Gasteiger partial charge < -0.3 is 16.2 Å². The molecule has 2 aromatic carbocycles. The summed E-state index contributed by atoms with van der Waals surface area (Å²) in [5, 5.41) is 12.5. The molecule has 2 atom stereocenters.